The average molecular weight is 599 g/mol. The molecule has 12 heteroatoms. The number of methoxy groups -OCH3 is 1. The molecule has 3 aromatic carbocycles. The summed E-state index contributed by atoms with van der Waals surface area (Å²) in [5, 5.41) is 13.6. The predicted molar refractivity (Wildman–Crippen MR) is 158 cm³/mol. The first kappa shape index (κ1) is 29.4. The second-order valence-electron chi connectivity index (χ2n) is 9.35. The number of para-hydroxylation sites is 1. The highest BCUT2D eigenvalue weighted by atomic mass is 31.2. The number of nitrogens with zero attached hydrogens (tertiary/aromatic N) is 4. The van der Waals surface area contributed by atoms with Crippen molar-refractivity contribution in [3.8, 4) is 40.6 Å². The van der Waals surface area contributed by atoms with Gasteiger partial charge in [-0.3, -0.25) is 4.57 Å². The van der Waals surface area contributed by atoms with Crippen LogP contribution < -0.4 is 14.2 Å². The molecule has 11 nitrogen and oxygen atoms in total. The van der Waals surface area contributed by atoms with Crippen LogP contribution in [0.3, 0.4) is 0 Å². The lowest BCUT2D eigenvalue weighted by atomic mass is 10.1. The second-order valence-corrected chi connectivity index (χ2v) is 10.8. The van der Waals surface area contributed by atoms with E-state index in [2.05, 4.69) is 16.2 Å². The molecular weight excluding hydrogens is 571 g/mol. The lowest BCUT2D eigenvalue weighted by Gasteiger charge is -2.12. The summed E-state index contributed by atoms with van der Waals surface area (Å²) in [6.45, 7) is 2.03. The molecule has 0 unspecified atom stereocenters. The van der Waals surface area contributed by atoms with E-state index in [4.69, 9.17) is 18.6 Å². The summed E-state index contributed by atoms with van der Waals surface area (Å²) in [5.41, 5.74) is 3.73. The lowest BCUT2D eigenvalue weighted by molar-refractivity contribution is 0.275. The number of ether oxygens (including phenoxy) is 3. The third-order valence-corrected chi connectivity index (χ3v) is 6.81. The van der Waals surface area contributed by atoms with Gasteiger partial charge in [0.25, 0.3) is 0 Å². The monoisotopic (exact) mass is 598 g/mol. The molecule has 0 fully saturated rings. The molecule has 0 aliphatic rings. The van der Waals surface area contributed by atoms with Crippen LogP contribution in [0, 0.1) is 18.3 Å². The molecule has 0 spiro atoms. The number of oxazole rings is 1. The van der Waals surface area contributed by atoms with Crippen LogP contribution in [0.4, 0.5) is 0 Å². The maximum absolute atomic E-state index is 11.4. The van der Waals surface area contributed by atoms with Crippen LogP contribution in [-0.2, 0) is 17.8 Å². The Bertz CT molecular complexity index is 1850. The summed E-state index contributed by atoms with van der Waals surface area (Å²) in [7, 11) is -2.85. The van der Waals surface area contributed by atoms with Crippen LogP contribution in [-0.4, -0.2) is 31.7 Å². The van der Waals surface area contributed by atoms with Crippen molar-refractivity contribution in [2.45, 2.75) is 20.1 Å². The number of aromatic nitrogens is 3. The van der Waals surface area contributed by atoms with Crippen LogP contribution in [0.15, 0.2) is 89.2 Å². The Kier molecular flexibility index (Phi) is 8.74. The maximum Gasteiger partial charge on any atom is 0.349 e. The summed E-state index contributed by atoms with van der Waals surface area (Å²) in [6, 6.07) is 23.8. The SMILES string of the molecule is COc1cc(COc2nn(-c3ccccc3)cc2C=CP(=O)(O)O)ccc1OCc1nc(-c2cccc(C#N)c2)oc1C. The van der Waals surface area contributed by atoms with E-state index in [9.17, 15) is 19.6 Å². The Morgan fingerprint density at radius 1 is 1.02 bits per heavy atom. The Morgan fingerprint density at radius 3 is 2.58 bits per heavy atom. The number of hydrogen-bond acceptors (Lipinski definition) is 8. The third-order valence-electron chi connectivity index (χ3n) is 6.28. The van der Waals surface area contributed by atoms with E-state index in [1.54, 1.807) is 48.1 Å². The van der Waals surface area contributed by atoms with Gasteiger partial charge in [0, 0.05) is 17.6 Å². The zero-order chi connectivity index (χ0) is 30.4. The third kappa shape index (κ3) is 7.39. The molecule has 5 aromatic rings. The molecular formula is C31H27N4O7P. The van der Waals surface area contributed by atoms with Gasteiger partial charge in [0.2, 0.25) is 11.8 Å². The molecule has 2 heterocycles. The fourth-order valence-corrected chi connectivity index (χ4v) is 4.47. The molecule has 0 aliphatic heterocycles. The van der Waals surface area contributed by atoms with Crippen molar-refractivity contribution < 1.29 is 33.0 Å². The van der Waals surface area contributed by atoms with Gasteiger partial charge in [0.05, 0.1) is 30.0 Å². The van der Waals surface area contributed by atoms with Gasteiger partial charge in [0.1, 0.15) is 24.7 Å². The summed E-state index contributed by atoms with van der Waals surface area (Å²) in [6.07, 6.45) is 2.92. The number of aryl methyl sites for hydroxylation is 1. The topological polar surface area (TPSA) is 153 Å². The molecule has 218 valence electrons. The van der Waals surface area contributed by atoms with Crippen LogP contribution in [0.5, 0.6) is 17.4 Å². The van der Waals surface area contributed by atoms with Crippen molar-refractivity contribution in [3.63, 3.8) is 0 Å². The van der Waals surface area contributed by atoms with Crippen molar-refractivity contribution >= 4 is 13.7 Å². The van der Waals surface area contributed by atoms with Crippen LogP contribution in [0.1, 0.15) is 28.1 Å². The molecule has 2 N–H and O–H groups in total. The minimum absolute atomic E-state index is 0.104. The molecule has 0 atom stereocenters. The molecule has 0 saturated heterocycles. The molecule has 0 amide bonds. The smallest absolute Gasteiger partial charge is 0.349 e. The predicted octanol–water partition coefficient (Wildman–Crippen LogP) is 6.02. The quantitative estimate of drug-likeness (QED) is 0.173. The normalized spacial score (nSPS) is 11.4. The Labute approximate surface area is 247 Å². The number of rotatable bonds is 11. The molecule has 0 saturated carbocycles. The average Bonchev–Trinajstić information content (AvgIpc) is 3.61. The summed E-state index contributed by atoms with van der Waals surface area (Å²) in [5.74, 6) is 2.97. The van der Waals surface area contributed by atoms with Gasteiger partial charge in [-0.15, -0.1) is 5.10 Å². The first-order chi connectivity index (χ1) is 20.7. The second kappa shape index (κ2) is 12.8. The fourth-order valence-electron chi connectivity index (χ4n) is 4.11. The van der Waals surface area contributed by atoms with Gasteiger partial charge in [-0.05, 0) is 61.0 Å². The molecule has 0 bridgehead atoms. The van der Waals surface area contributed by atoms with Gasteiger partial charge in [0.15, 0.2) is 11.5 Å². The zero-order valence-electron chi connectivity index (χ0n) is 23.2. The minimum atomic E-state index is -4.38. The Hall–Kier alpha value is -5.14. The van der Waals surface area contributed by atoms with Crippen LogP contribution in [0.25, 0.3) is 23.2 Å². The van der Waals surface area contributed by atoms with Crippen molar-refractivity contribution in [2.24, 2.45) is 0 Å². The number of hydrogen-bond donors (Lipinski definition) is 2. The van der Waals surface area contributed by atoms with E-state index in [-0.39, 0.29) is 19.1 Å². The summed E-state index contributed by atoms with van der Waals surface area (Å²) in [4.78, 5) is 23.1. The van der Waals surface area contributed by atoms with E-state index in [0.29, 0.717) is 45.5 Å². The van der Waals surface area contributed by atoms with E-state index in [0.717, 1.165) is 17.1 Å². The highest BCUT2D eigenvalue weighted by Crippen LogP contribution is 2.38. The number of nitriles is 1. The van der Waals surface area contributed by atoms with E-state index >= 15 is 0 Å². The van der Waals surface area contributed by atoms with Crippen molar-refractivity contribution in [3.05, 3.63) is 113 Å². The van der Waals surface area contributed by atoms with E-state index < -0.39 is 7.60 Å². The van der Waals surface area contributed by atoms with Gasteiger partial charge >= 0.3 is 7.60 Å². The maximum atomic E-state index is 11.4. The van der Waals surface area contributed by atoms with Crippen molar-refractivity contribution in [2.75, 3.05) is 7.11 Å². The summed E-state index contributed by atoms with van der Waals surface area (Å²) >= 11 is 0. The Morgan fingerprint density at radius 2 is 1.84 bits per heavy atom. The lowest BCUT2D eigenvalue weighted by Crippen LogP contribution is -2.02. The van der Waals surface area contributed by atoms with Gasteiger partial charge in [-0.1, -0.05) is 30.3 Å². The first-order valence-corrected chi connectivity index (χ1v) is 14.7. The highest BCUT2D eigenvalue weighted by Gasteiger charge is 2.16. The van der Waals surface area contributed by atoms with Crippen LogP contribution >= 0.6 is 7.60 Å². The molecule has 0 aliphatic carbocycles. The molecule has 0 radical (unpaired) electrons. The van der Waals surface area contributed by atoms with Crippen molar-refractivity contribution in [1.82, 2.24) is 14.8 Å². The van der Waals surface area contributed by atoms with E-state index in [1.165, 1.54) is 13.2 Å². The highest BCUT2D eigenvalue weighted by molar-refractivity contribution is 7.55. The van der Waals surface area contributed by atoms with E-state index in [1.807, 2.05) is 42.5 Å². The van der Waals surface area contributed by atoms with Gasteiger partial charge < -0.3 is 28.4 Å². The summed E-state index contributed by atoms with van der Waals surface area (Å²) < 4.78 is 36.3. The van der Waals surface area contributed by atoms with Crippen molar-refractivity contribution in [1.29, 1.82) is 5.26 Å². The molecule has 2 aromatic heterocycles. The van der Waals surface area contributed by atoms with Gasteiger partial charge in [-0.2, -0.15) is 5.26 Å². The molecule has 43 heavy (non-hydrogen) atoms. The molecule has 5 rings (SSSR count). The largest absolute Gasteiger partial charge is 0.493 e. The first-order valence-electron chi connectivity index (χ1n) is 13.0. The van der Waals surface area contributed by atoms with Gasteiger partial charge in [-0.25, -0.2) is 9.67 Å². The Balaban J connectivity index is 1.29. The number of benzene rings is 3. The van der Waals surface area contributed by atoms with Crippen LogP contribution in [0.2, 0.25) is 0 Å². The zero-order valence-corrected chi connectivity index (χ0v) is 24.1. The standard InChI is InChI=1S/C31H27N4O7P/c1-21-27(33-30(42-21)24-8-6-7-22(15-24)17-32)20-40-28-12-11-23(16-29(28)39-2)19-41-31-25(13-14-43(36,37)38)18-35(34-31)26-9-4-3-5-10-26/h3-16,18H,19-20H2,1-2H3,(H2,36,37,38). The minimum Gasteiger partial charge on any atom is -0.493 e. The fraction of sp³-hybridized carbons (Fsp3) is 0.129.